The maximum Gasteiger partial charge on any atom is 0.407 e. The molecule has 1 aromatic heterocycles. The van der Waals surface area contributed by atoms with Crippen LogP contribution in [0.3, 0.4) is 0 Å². The number of rotatable bonds is 8. The van der Waals surface area contributed by atoms with Crippen molar-refractivity contribution in [3.8, 4) is 11.5 Å². The number of ether oxygens (including phenoxy) is 2. The number of hydrogen-bond donors (Lipinski definition) is 1. The van der Waals surface area contributed by atoms with Gasteiger partial charge in [0, 0.05) is 32.2 Å². The van der Waals surface area contributed by atoms with Gasteiger partial charge >= 0.3 is 6.09 Å². The molecule has 1 saturated heterocycles. The maximum atomic E-state index is 14.1. The molecule has 36 heavy (non-hydrogen) atoms. The van der Waals surface area contributed by atoms with Crippen LogP contribution in [-0.4, -0.2) is 64.7 Å². The fourth-order valence-corrected chi connectivity index (χ4v) is 4.13. The lowest BCUT2D eigenvalue weighted by Crippen LogP contribution is -2.36. The van der Waals surface area contributed by atoms with Crippen LogP contribution < -0.4 is 15.0 Å². The number of carbonyl (C=O) groups is 2. The van der Waals surface area contributed by atoms with Gasteiger partial charge in [0.1, 0.15) is 23.5 Å². The van der Waals surface area contributed by atoms with Crippen LogP contribution in [0.25, 0.3) is 0 Å². The molecule has 10 heteroatoms. The molecule has 2 amide bonds. The van der Waals surface area contributed by atoms with E-state index in [2.05, 4.69) is 20.2 Å². The van der Waals surface area contributed by atoms with Crippen LogP contribution >= 0.6 is 0 Å². The number of hydrogen-bond acceptors (Lipinski definition) is 7. The van der Waals surface area contributed by atoms with E-state index in [1.807, 2.05) is 41.5 Å². The second-order valence-electron chi connectivity index (χ2n) is 10.1. The standard InChI is InChI=1S/C26H36FN5O4/c1-7-32(17(2)3)24(33)20-12-19(27)8-9-21(20)35-22-14-28-16-30-23(22)31-11-10-18(15-31)13-29-25(34)36-26(4,5)6/h8-9,12,14,16-18H,7,10-11,13,15H2,1-6H3,(H,29,34)/t18-/m1/s1. The molecule has 0 aliphatic carbocycles. The zero-order valence-electron chi connectivity index (χ0n) is 21.9. The molecular weight excluding hydrogens is 465 g/mol. The molecule has 1 atom stereocenters. The molecule has 1 aromatic carbocycles. The van der Waals surface area contributed by atoms with Crippen LogP contribution in [-0.2, 0) is 4.74 Å². The third kappa shape index (κ3) is 7.05. The van der Waals surface area contributed by atoms with Gasteiger partial charge in [0.05, 0.1) is 11.8 Å². The lowest BCUT2D eigenvalue weighted by atomic mass is 10.1. The third-order valence-electron chi connectivity index (χ3n) is 5.80. The van der Waals surface area contributed by atoms with Crippen LogP contribution in [0.4, 0.5) is 15.0 Å². The fraction of sp³-hybridized carbons (Fsp3) is 0.538. The Bertz CT molecular complexity index is 1070. The Morgan fingerprint density at radius 2 is 2.03 bits per heavy atom. The number of carbonyl (C=O) groups excluding carboxylic acids is 2. The monoisotopic (exact) mass is 501 g/mol. The molecule has 1 N–H and O–H groups in total. The summed E-state index contributed by atoms with van der Waals surface area (Å²) < 4.78 is 25.5. The van der Waals surface area contributed by atoms with Crippen LogP contribution in [0, 0.1) is 11.7 Å². The minimum absolute atomic E-state index is 0.0509. The van der Waals surface area contributed by atoms with E-state index in [0.29, 0.717) is 37.7 Å². The zero-order valence-corrected chi connectivity index (χ0v) is 21.9. The van der Waals surface area contributed by atoms with Crippen molar-refractivity contribution in [3.05, 3.63) is 42.1 Å². The highest BCUT2D eigenvalue weighted by molar-refractivity contribution is 5.97. The van der Waals surface area contributed by atoms with Gasteiger partial charge in [-0.05, 0) is 72.1 Å². The molecule has 0 spiro atoms. The van der Waals surface area contributed by atoms with Crippen molar-refractivity contribution in [3.63, 3.8) is 0 Å². The maximum absolute atomic E-state index is 14.1. The van der Waals surface area contributed by atoms with E-state index in [1.54, 1.807) is 4.90 Å². The minimum Gasteiger partial charge on any atom is -0.451 e. The van der Waals surface area contributed by atoms with Crippen molar-refractivity contribution in [1.82, 2.24) is 20.2 Å². The molecule has 0 saturated carbocycles. The van der Waals surface area contributed by atoms with Crippen molar-refractivity contribution in [2.24, 2.45) is 5.92 Å². The predicted octanol–water partition coefficient (Wildman–Crippen LogP) is 4.63. The Morgan fingerprint density at radius 3 is 2.69 bits per heavy atom. The number of alkyl carbamates (subject to hydrolysis) is 1. The summed E-state index contributed by atoms with van der Waals surface area (Å²) in [4.78, 5) is 37.4. The highest BCUT2D eigenvalue weighted by Gasteiger charge is 2.28. The number of aromatic nitrogens is 2. The molecule has 1 aliphatic rings. The number of anilines is 1. The molecule has 1 fully saturated rings. The summed E-state index contributed by atoms with van der Waals surface area (Å²) in [7, 11) is 0. The summed E-state index contributed by atoms with van der Waals surface area (Å²) in [5.41, 5.74) is -0.413. The van der Waals surface area contributed by atoms with Gasteiger partial charge in [-0.3, -0.25) is 4.79 Å². The highest BCUT2D eigenvalue weighted by Crippen LogP contribution is 2.34. The number of nitrogens with one attached hydrogen (secondary N) is 1. The van der Waals surface area contributed by atoms with Gasteiger partial charge in [0.25, 0.3) is 5.91 Å². The van der Waals surface area contributed by atoms with Crippen molar-refractivity contribution in [2.45, 2.75) is 59.6 Å². The number of benzene rings is 1. The predicted molar refractivity (Wildman–Crippen MR) is 135 cm³/mol. The van der Waals surface area contributed by atoms with Crippen molar-refractivity contribution in [1.29, 1.82) is 0 Å². The van der Waals surface area contributed by atoms with Crippen LogP contribution in [0.1, 0.15) is 58.3 Å². The molecule has 3 rings (SSSR count). The highest BCUT2D eigenvalue weighted by atomic mass is 19.1. The molecule has 196 valence electrons. The van der Waals surface area contributed by atoms with Crippen LogP contribution in [0.5, 0.6) is 11.5 Å². The first-order chi connectivity index (χ1) is 17.0. The van der Waals surface area contributed by atoms with Crippen LogP contribution in [0.2, 0.25) is 0 Å². The first kappa shape index (κ1) is 27.2. The van der Waals surface area contributed by atoms with Gasteiger partial charge in [-0.25, -0.2) is 19.2 Å². The lowest BCUT2D eigenvalue weighted by Gasteiger charge is -2.26. The van der Waals surface area contributed by atoms with E-state index in [0.717, 1.165) is 6.42 Å². The first-order valence-corrected chi connectivity index (χ1v) is 12.3. The Kier molecular flexibility index (Phi) is 8.70. The van der Waals surface area contributed by atoms with Gasteiger partial charge in [0.2, 0.25) is 0 Å². The summed E-state index contributed by atoms with van der Waals surface area (Å²) in [5.74, 6) is 0.548. The van der Waals surface area contributed by atoms with E-state index in [4.69, 9.17) is 9.47 Å². The Labute approximate surface area is 212 Å². The second kappa shape index (κ2) is 11.5. The quantitative estimate of drug-likeness (QED) is 0.563. The first-order valence-electron chi connectivity index (χ1n) is 12.3. The number of amides is 2. The molecule has 2 heterocycles. The van der Waals surface area contributed by atoms with Gasteiger partial charge in [-0.1, -0.05) is 0 Å². The number of nitrogens with zero attached hydrogens (tertiary/aromatic N) is 4. The zero-order chi connectivity index (χ0) is 26.5. The van der Waals surface area contributed by atoms with Crippen molar-refractivity contribution < 1.29 is 23.5 Å². The van der Waals surface area contributed by atoms with E-state index >= 15 is 0 Å². The lowest BCUT2D eigenvalue weighted by molar-refractivity contribution is 0.0520. The normalized spacial score (nSPS) is 15.7. The molecule has 0 radical (unpaired) electrons. The summed E-state index contributed by atoms with van der Waals surface area (Å²) in [6.45, 7) is 13.5. The van der Waals surface area contributed by atoms with E-state index in [1.165, 1.54) is 30.7 Å². The van der Waals surface area contributed by atoms with Gasteiger partial charge in [-0.2, -0.15) is 0 Å². The summed E-state index contributed by atoms with van der Waals surface area (Å²) in [5, 5.41) is 2.83. The summed E-state index contributed by atoms with van der Waals surface area (Å²) in [6, 6.07) is 3.85. The summed E-state index contributed by atoms with van der Waals surface area (Å²) in [6.07, 6.45) is 3.37. The van der Waals surface area contributed by atoms with E-state index < -0.39 is 17.5 Å². The Hall–Kier alpha value is -3.43. The van der Waals surface area contributed by atoms with E-state index in [9.17, 15) is 14.0 Å². The van der Waals surface area contributed by atoms with Gasteiger partial charge < -0.3 is 24.6 Å². The van der Waals surface area contributed by atoms with E-state index in [-0.39, 0.29) is 29.2 Å². The Balaban J connectivity index is 1.75. The SMILES string of the molecule is CCN(C(=O)c1cc(F)ccc1Oc1cncnc1N1CC[C@H](CNC(=O)OC(C)(C)C)C1)C(C)C. The number of halogens is 1. The average molecular weight is 502 g/mol. The molecule has 2 aromatic rings. The molecule has 0 bridgehead atoms. The molecular formula is C26H36FN5O4. The minimum atomic E-state index is -0.553. The smallest absolute Gasteiger partial charge is 0.407 e. The van der Waals surface area contributed by atoms with Crippen LogP contribution in [0.15, 0.2) is 30.7 Å². The molecule has 1 aliphatic heterocycles. The van der Waals surface area contributed by atoms with Crippen molar-refractivity contribution in [2.75, 3.05) is 31.1 Å². The van der Waals surface area contributed by atoms with Crippen molar-refractivity contribution >= 4 is 17.8 Å². The van der Waals surface area contributed by atoms with Gasteiger partial charge in [-0.15, -0.1) is 0 Å². The Morgan fingerprint density at radius 1 is 1.28 bits per heavy atom. The largest absolute Gasteiger partial charge is 0.451 e. The van der Waals surface area contributed by atoms with Gasteiger partial charge in [0.15, 0.2) is 11.6 Å². The summed E-state index contributed by atoms with van der Waals surface area (Å²) >= 11 is 0. The fourth-order valence-electron chi connectivity index (χ4n) is 4.13. The molecule has 0 unspecified atom stereocenters. The molecule has 9 nitrogen and oxygen atoms in total. The topological polar surface area (TPSA) is 96.9 Å². The average Bonchev–Trinajstić information content (AvgIpc) is 3.27. The third-order valence-corrected chi connectivity index (χ3v) is 5.80. The second-order valence-corrected chi connectivity index (χ2v) is 10.1.